The van der Waals surface area contributed by atoms with Crippen LogP contribution in [0, 0.1) is 0 Å². The predicted octanol–water partition coefficient (Wildman–Crippen LogP) is 5.88. The molecule has 0 heterocycles. The molecule has 0 fully saturated rings. The lowest BCUT2D eigenvalue weighted by Crippen LogP contribution is -1.98. The summed E-state index contributed by atoms with van der Waals surface area (Å²) in [5, 5.41) is 0. The van der Waals surface area contributed by atoms with Crippen LogP contribution in [0.3, 0.4) is 0 Å². The van der Waals surface area contributed by atoms with Gasteiger partial charge in [0.2, 0.25) is 0 Å². The zero-order chi connectivity index (χ0) is 17.3. The standard InChI is InChI=1S/C22H28O2/c1-24-22(23)20-16-11-9-7-5-3-2-4-6-8-10-13-17-21-18-14-12-15-19-21/h2-4,6,8,10,12-15,17-19H,5,7,9,11,16,20H2,1H3/b3-2-,6-4+,10-8+,17-13+. The van der Waals surface area contributed by atoms with Crippen molar-refractivity contribution in [1.82, 2.24) is 0 Å². The van der Waals surface area contributed by atoms with Crippen LogP contribution in [0.1, 0.15) is 44.1 Å². The van der Waals surface area contributed by atoms with Crippen LogP contribution in [0.5, 0.6) is 0 Å². The zero-order valence-corrected chi connectivity index (χ0v) is 14.6. The first-order valence-corrected chi connectivity index (χ1v) is 8.61. The summed E-state index contributed by atoms with van der Waals surface area (Å²) in [5.74, 6) is -0.105. The third-order valence-corrected chi connectivity index (χ3v) is 3.51. The van der Waals surface area contributed by atoms with Crippen molar-refractivity contribution in [3.05, 3.63) is 78.4 Å². The van der Waals surface area contributed by atoms with Gasteiger partial charge in [-0.15, -0.1) is 0 Å². The van der Waals surface area contributed by atoms with Gasteiger partial charge in [0.05, 0.1) is 7.11 Å². The summed E-state index contributed by atoms with van der Waals surface area (Å²) in [6, 6.07) is 10.3. The lowest BCUT2D eigenvalue weighted by atomic mass is 10.1. The van der Waals surface area contributed by atoms with E-state index in [-0.39, 0.29) is 5.97 Å². The van der Waals surface area contributed by atoms with Gasteiger partial charge in [0.25, 0.3) is 0 Å². The summed E-state index contributed by atoms with van der Waals surface area (Å²) in [7, 11) is 1.44. The summed E-state index contributed by atoms with van der Waals surface area (Å²) in [6.07, 6.45) is 22.5. The van der Waals surface area contributed by atoms with Crippen LogP contribution >= 0.6 is 0 Å². The minimum Gasteiger partial charge on any atom is -0.469 e. The molecular weight excluding hydrogens is 296 g/mol. The monoisotopic (exact) mass is 324 g/mol. The number of carbonyl (C=O) groups excluding carboxylic acids is 1. The van der Waals surface area contributed by atoms with E-state index in [2.05, 4.69) is 35.1 Å². The van der Waals surface area contributed by atoms with Crippen LogP contribution in [0.2, 0.25) is 0 Å². The van der Waals surface area contributed by atoms with Gasteiger partial charge in [-0.05, 0) is 24.8 Å². The van der Waals surface area contributed by atoms with Crippen LogP contribution in [0.25, 0.3) is 6.08 Å². The third kappa shape index (κ3) is 11.2. The van der Waals surface area contributed by atoms with Crippen LogP contribution in [-0.2, 0) is 9.53 Å². The first kappa shape index (κ1) is 19.7. The van der Waals surface area contributed by atoms with E-state index in [0.717, 1.165) is 25.7 Å². The molecule has 24 heavy (non-hydrogen) atoms. The van der Waals surface area contributed by atoms with Crippen molar-refractivity contribution in [2.24, 2.45) is 0 Å². The predicted molar refractivity (Wildman–Crippen MR) is 103 cm³/mol. The Hall–Kier alpha value is -2.35. The Morgan fingerprint density at radius 1 is 0.875 bits per heavy atom. The average molecular weight is 324 g/mol. The largest absolute Gasteiger partial charge is 0.469 e. The maximum absolute atomic E-state index is 10.9. The van der Waals surface area contributed by atoms with Gasteiger partial charge >= 0.3 is 5.97 Å². The van der Waals surface area contributed by atoms with E-state index in [1.165, 1.54) is 19.1 Å². The molecule has 1 aromatic carbocycles. The molecule has 1 aromatic rings. The Morgan fingerprint density at radius 3 is 2.29 bits per heavy atom. The summed E-state index contributed by atoms with van der Waals surface area (Å²) in [4.78, 5) is 10.9. The van der Waals surface area contributed by atoms with Crippen molar-refractivity contribution in [3.8, 4) is 0 Å². The van der Waals surface area contributed by atoms with Crippen molar-refractivity contribution >= 4 is 12.0 Å². The molecule has 0 aliphatic heterocycles. The molecule has 0 N–H and O–H groups in total. The second-order valence-electron chi connectivity index (χ2n) is 5.50. The fourth-order valence-electron chi connectivity index (χ4n) is 2.15. The minimum absolute atomic E-state index is 0.105. The zero-order valence-electron chi connectivity index (χ0n) is 14.6. The number of rotatable bonds is 11. The van der Waals surface area contributed by atoms with Gasteiger partial charge in [0.1, 0.15) is 0 Å². The van der Waals surface area contributed by atoms with Crippen molar-refractivity contribution in [2.45, 2.75) is 38.5 Å². The summed E-state index contributed by atoms with van der Waals surface area (Å²) < 4.78 is 4.61. The van der Waals surface area contributed by atoms with Crippen LogP contribution in [0.15, 0.2) is 72.9 Å². The van der Waals surface area contributed by atoms with Gasteiger partial charge in [-0.2, -0.15) is 0 Å². The normalized spacial score (nSPS) is 12.0. The van der Waals surface area contributed by atoms with Crippen LogP contribution < -0.4 is 0 Å². The second kappa shape index (κ2) is 14.3. The number of ether oxygens (including phenoxy) is 1. The fourth-order valence-corrected chi connectivity index (χ4v) is 2.15. The molecule has 0 saturated heterocycles. The van der Waals surface area contributed by atoms with Crippen molar-refractivity contribution < 1.29 is 9.53 Å². The summed E-state index contributed by atoms with van der Waals surface area (Å²) >= 11 is 0. The van der Waals surface area contributed by atoms with Gasteiger partial charge in [0, 0.05) is 6.42 Å². The molecule has 0 aliphatic carbocycles. The number of esters is 1. The first-order chi connectivity index (χ1) is 11.8. The molecule has 0 saturated carbocycles. The molecule has 0 bridgehead atoms. The topological polar surface area (TPSA) is 26.3 Å². The Bertz CT molecular complexity index is 551. The van der Waals surface area contributed by atoms with Gasteiger partial charge in [-0.3, -0.25) is 4.79 Å². The number of hydrogen-bond acceptors (Lipinski definition) is 2. The van der Waals surface area contributed by atoms with E-state index >= 15 is 0 Å². The molecular formula is C22H28O2. The Labute approximate surface area is 146 Å². The van der Waals surface area contributed by atoms with E-state index in [1.807, 2.05) is 48.6 Å². The molecule has 0 radical (unpaired) electrons. The molecule has 0 atom stereocenters. The highest BCUT2D eigenvalue weighted by molar-refractivity contribution is 5.68. The van der Waals surface area contributed by atoms with Crippen LogP contribution in [0.4, 0.5) is 0 Å². The SMILES string of the molecule is COC(=O)CCCCCC\C=C/C=C/C=C/C=C/c1ccccc1. The lowest BCUT2D eigenvalue weighted by Gasteiger charge is -1.98. The smallest absolute Gasteiger partial charge is 0.305 e. The Morgan fingerprint density at radius 2 is 1.54 bits per heavy atom. The fraction of sp³-hybridized carbons (Fsp3) is 0.318. The summed E-state index contributed by atoms with van der Waals surface area (Å²) in [5.41, 5.74) is 1.21. The molecule has 1 rings (SSSR count). The molecule has 0 amide bonds. The van der Waals surface area contributed by atoms with E-state index in [1.54, 1.807) is 0 Å². The first-order valence-electron chi connectivity index (χ1n) is 8.61. The van der Waals surface area contributed by atoms with Gasteiger partial charge in [0.15, 0.2) is 0 Å². The lowest BCUT2D eigenvalue weighted by molar-refractivity contribution is -0.140. The van der Waals surface area contributed by atoms with E-state index < -0.39 is 0 Å². The van der Waals surface area contributed by atoms with E-state index in [4.69, 9.17) is 0 Å². The maximum atomic E-state index is 10.9. The number of hydrogen-bond donors (Lipinski definition) is 0. The molecule has 0 aromatic heterocycles. The molecule has 2 heteroatoms. The maximum Gasteiger partial charge on any atom is 0.305 e. The highest BCUT2D eigenvalue weighted by atomic mass is 16.5. The number of benzene rings is 1. The van der Waals surface area contributed by atoms with Gasteiger partial charge in [-0.25, -0.2) is 0 Å². The molecule has 0 aliphatic rings. The second-order valence-corrected chi connectivity index (χ2v) is 5.50. The molecule has 0 spiro atoms. The van der Waals surface area contributed by atoms with Gasteiger partial charge < -0.3 is 4.74 Å². The van der Waals surface area contributed by atoms with Crippen molar-refractivity contribution in [3.63, 3.8) is 0 Å². The van der Waals surface area contributed by atoms with Crippen molar-refractivity contribution in [1.29, 1.82) is 0 Å². The number of unbranched alkanes of at least 4 members (excludes halogenated alkanes) is 4. The minimum atomic E-state index is -0.105. The highest BCUT2D eigenvalue weighted by Crippen LogP contribution is 2.06. The summed E-state index contributed by atoms with van der Waals surface area (Å²) in [6.45, 7) is 0. The third-order valence-electron chi connectivity index (χ3n) is 3.51. The highest BCUT2D eigenvalue weighted by Gasteiger charge is 1.98. The Kier molecular flexibility index (Phi) is 11.7. The number of carbonyl (C=O) groups is 1. The quantitative estimate of drug-likeness (QED) is 0.288. The van der Waals surface area contributed by atoms with Crippen LogP contribution in [-0.4, -0.2) is 13.1 Å². The van der Waals surface area contributed by atoms with Crippen molar-refractivity contribution in [2.75, 3.05) is 7.11 Å². The number of allylic oxidation sites excluding steroid dienone is 7. The molecule has 128 valence electrons. The average Bonchev–Trinajstić information content (AvgIpc) is 2.62. The molecule has 0 unspecified atom stereocenters. The number of methoxy groups -OCH3 is 1. The van der Waals surface area contributed by atoms with E-state index in [9.17, 15) is 4.79 Å². The Balaban J connectivity index is 2.02. The van der Waals surface area contributed by atoms with Gasteiger partial charge in [-0.1, -0.05) is 91.8 Å². The van der Waals surface area contributed by atoms with E-state index in [0.29, 0.717) is 6.42 Å². The molecule has 2 nitrogen and oxygen atoms in total.